The highest BCUT2D eigenvalue weighted by Gasteiger charge is 2.74. The molecular formula is C26H42O15. The van der Waals surface area contributed by atoms with Crippen molar-refractivity contribution in [3.05, 3.63) is 0 Å². The molecule has 0 radical (unpaired) electrons. The SMILES string of the molecule is CCCCC(CCCC)(C(=O)O)C(O)(C(=O)O)C(CCCC)(C(C)=O)C(=O)O.O=C(O)CC(O)(CC(=O)O)C(=O)O. The molecule has 0 aliphatic heterocycles. The maximum atomic E-state index is 12.6. The lowest BCUT2D eigenvalue weighted by molar-refractivity contribution is -0.223. The Balaban J connectivity index is 0. The van der Waals surface area contributed by atoms with Gasteiger partial charge in [0.25, 0.3) is 0 Å². The summed E-state index contributed by atoms with van der Waals surface area (Å²) in [5.41, 5.74) is -11.1. The third-order valence-corrected chi connectivity index (χ3v) is 7.10. The van der Waals surface area contributed by atoms with Crippen LogP contribution in [0.5, 0.6) is 0 Å². The Morgan fingerprint density at radius 1 is 0.537 bits per heavy atom. The summed E-state index contributed by atoms with van der Waals surface area (Å²) in [5, 5.41) is 75.4. The molecule has 0 saturated carbocycles. The van der Waals surface area contributed by atoms with Crippen molar-refractivity contribution in [3.8, 4) is 0 Å². The maximum Gasteiger partial charge on any atom is 0.338 e. The van der Waals surface area contributed by atoms with Gasteiger partial charge < -0.3 is 40.9 Å². The van der Waals surface area contributed by atoms with Crippen LogP contribution >= 0.6 is 0 Å². The first-order valence-electron chi connectivity index (χ1n) is 13.1. The first-order chi connectivity index (χ1) is 18.7. The number of Topliss-reactive ketones (excluding diaryl/α,β-unsaturated/α-hetero) is 1. The van der Waals surface area contributed by atoms with E-state index in [1.54, 1.807) is 20.8 Å². The van der Waals surface area contributed by atoms with E-state index in [1.165, 1.54) is 0 Å². The number of rotatable bonds is 20. The standard InChI is InChI=1S/C20H34O8.C6H8O7/c1-5-8-11-18(15(22)23,12-9-6-2)20(28,17(26)27)19(14(4)21,16(24)25)13-10-7-3;7-3(8)1-6(13,5(11)12)2-4(9)10/h28H,5-13H2,1-4H3,(H,22,23)(H,24,25)(H,26,27);13H,1-2H2,(H,7,8)(H,9,10)(H,11,12). The monoisotopic (exact) mass is 594 g/mol. The van der Waals surface area contributed by atoms with Crippen LogP contribution in [-0.4, -0.2) is 93.7 Å². The van der Waals surface area contributed by atoms with Crippen molar-refractivity contribution >= 4 is 41.6 Å². The van der Waals surface area contributed by atoms with E-state index >= 15 is 0 Å². The zero-order chi connectivity index (χ0) is 32.8. The second-order valence-electron chi connectivity index (χ2n) is 9.96. The summed E-state index contributed by atoms with van der Waals surface area (Å²) >= 11 is 0. The number of hydrogen-bond acceptors (Lipinski definition) is 9. The van der Waals surface area contributed by atoms with Crippen molar-refractivity contribution in [1.82, 2.24) is 0 Å². The van der Waals surface area contributed by atoms with Gasteiger partial charge in [0.05, 0.1) is 12.8 Å². The highest BCUT2D eigenvalue weighted by Crippen LogP contribution is 2.54. The number of carboxylic acid groups (broad SMARTS) is 6. The summed E-state index contributed by atoms with van der Waals surface area (Å²) in [5.74, 6) is -11.5. The maximum absolute atomic E-state index is 12.6. The third kappa shape index (κ3) is 8.95. The summed E-state index contributed by atoms with van der Waals surface area (Å²) in [7, 11) is 0. The van der Waals surface area contributed by atoms with Crippen LogP contribution in [0.3, 0.4) is 0 Å². The lowest BCUT2D eigenvalue weighted by Crippen LogP contribution is -2.71. The molecule has 0 aliphatic carbocycles. The summed E-state index contributed by atoms with van der Waals surface area (Å²) in [6.07, 6.45) is -1.04. The molecule has 41 heavy (non-hydrogen) atoms. The van der Waals surface area contributed by atoms with E-state index in [-0.39, 0.29) is 32.1 Å². The molecule has 15 nitrogen and oxygen atoms in total. The molecule has 0 fully saturated rings. The van der Waals surface area contributed by atoms with E-state index in [0.29, 0.717) is 19.3 Å². The highest BCUT2D eigenvalue weighted by atomic mass is 16.4. The topological polar surface area (TPSA) is 281 Å². The summed E-state index contributed by atoms with van der Waals surface area (Å²) < 4.78 is 0. The summed E-state index contributed by atoms with van der Waals surface area (Å²) in [4.78, 5) is 80.2. The van der Waals surface area contributed by atoms with Crippen LogP contribution < -0.4 is 0 Å². The largest absolute Gasteiger partial charge is 0.481 e. The van der Waals surface area contributed by atoms with Crippen molar-refractivity contribution < 1.29 is 74.4 Å². The first kappa shape index (κ1) is 39.6. The van der Waals surface area contributed by atoms with E-state index in [4.69, 9.17) is 20.4 Å². The van der Waals surface area contributed by atoms with Gasteiger partial charge in [0.2, 0.25) is 5.60 Å². The molecular weight excluding hydrogens is 552 g/mol. The molecule has 0 rings (SSSR count). The fourth-order valence-corrected chi connectivity index (χ4v) is 4.79. The Kier molecular flexibility index (Phi) is 16.0. The second kappa shape index (κ2) is 16.6. The average Bonchev–Trinajstić information content (AvgIpc) is 2.83. The van der Waals surface area contributed by atoms with Crippen molar-refractivity contribution in [2.45, 2.75) is 110 Å². The molecule has 0 aromatic heterocycles. The normalized spacial score (nSPS) is 14.4. The summed E-state index contributed by atoms with van der Waals surface area (Å²) in [6, 6.07) is 0. The molecule has 0 amide bonds. The smallest absolute Gasteiger partial charge is 0.338 e. The van der Waals surface area contributed by atoms with Crippen molar-refractivity contribution in [2.24, 2.45) is 10.8 Å². The predicted octanol–water partition coefficient (Wildman–Crippen LogP) is 1.86. The number of ketones is 1. The lowest BCUT2D eigenvalue weighted by Gasteiger charge is -2.50. The Hall–Kier alpha value is -3.59. The van der Waals surface area contributed by atoms with Gasteiger partial charge in [-0.3, -0.25) is 24.0 Å². The minimum Gasteiger partial charge on any atom is -0.481 e. The van der Waals surface area contributed by atoms with Crippen LogP contribution in [0.4, 0.5) is 0 Å². The number of carbonyl (C=O) groups excluding carboxylic acids is 1. The van der Waals surface area contributed by atoms with Gasteiger partial charge in [0, 0.05) is 0 Å². The van der Waals surface area contributed by atoms with E-state index < -0.39 is 82.9 Å². The van der Waals surface area contributed by atoms with Gasteiger partial charge in [-0.1, -0.05) is 59.3 Å². The molecule has 0 bridgehead atoms. The van der Waals surface area contributed by atoms with Crippen LogP contribution in [0.25, 0.3) is 0 Å². The zero-order valence-corrected chi connectivity index (χ0v) is 23.7. The molecule has 8 N–H and O–H groups in total. The van der Waals surface area contributed by atoms with Gasteiger partial charge in [-0.15, -0.1) is 0 Å². The first-order valence-corrected chi connectivity index (χ1v) is 13.1. The quantitative estimate of drug-likeness (QED) is 0.0933. The van der Waals surface area contributed by atoms with E-state index in [9.17, 15) is 54.0 Å². The number of carboxylic acids is 6. The average molecular weight is 595 g/mol. The molecule has 0 saturated heterocycles. The van der Waals surface area contributed by atoms with Gasteiger partial charge in [0.1, 0.15) is 5.41 Å². The molecule has 15 heteroatoms. The number of hydrogen-bond donors (Lipinski definition) is 8. The number of aliphatic carboxylic acids is 6. The van der Waals surface area contributed by atoms with Crippen molar-refractivity contribution in [3.63, 3.8) is 0 Å². The van der Waals surface area contributed by atoms with Crippen molar-refractivity contribution in [1.29, 1.82) is 0 Å². The number of unbranched alkanes of at least 4 members (excludes halogenated alkanes) is 3. The summed E-state index contributed by atoms with van der Waals surface area (Å²) in [6.45, 7) is 6.19. The van der Waals surface area contributed by atoms with Gasteiger partial charge in [-0.25, -0.2) is 9.59 Å². The van der Waals surface area contributed by atoms with Crippen LogP contribution in [-0.2, 0) is 33.6 Å². The van der Waals surface area contributed by atoms with E-state index in [0.717, 1.165) is 6.92 Å². The predicted molar refractivity (Wildman–Crippen MR) is 139 cm³/mol. The van der Waals surface area contributed by atoms with Crippen LogP contribution in [0.2, 0.25) is 0 Å². The van der Waals surface area contributed by atoms with E-state index in [2.05, 4.69) is 0 Å². The molecule has 0 aliphatic rings. The van der Waals surface area contributed by atoms with E-state index in [1.807, 2.05) is 0 Å². The minimum atomic E-state index is -3.29. The van der Waals surface area contributed by atoms with Crippen LogP contribution in [0.1, 0.15) is 98.3 Å². The second-order valence-corrected chi connectivity index (χ2v) is 9.96. The Morgan fingerprint density at radius 2 is 0.902 bits per heavy atom. The fourth-order valence-electron chi connectivity index (χ4n) is 4.79. The molecule has 0 spiro atoms. The van der Waals surface area contributed by atoms with Crippen LogP contribution in [0, 0.1) is 10.8 Å². The zero-order valence-electron chi connectivity index (χ0n) is 23.7. The van der Waals surface area contributed by atoms with Gasteiger partial charge in [-0.05, 0) is 26.2 Å². The third-order valence-electron chi connectivity index (χ3n) is 7.10. The Labute approximate surface area is 236 Å². The van der Waals surface area contributed by atoms with Crippen LogP contribution in [0.15, 0.2) is 0 Å². The number of carbonyl (C=O) groups is 7. The Morgan fingerprint density at radius 3 is 1.12 bits per heavy atom. The molecule has 236 valence electrons. The molecule has 2 atom stereocenters. The Bertz CT molecular complexity index is 932. The van der Waals surface area contributed by atoms with Gasteiger partial charge in [0.15, 0.2) is 16.8 Å². The van der Waals surface area contributed by atoms with Crippen molar-refractivity contribution in [2.75, 3.05) is 0 Å². The molecule has 0 aromatic carbocycles. The van der Waals surface area contributed by atoms with Gasteiger partial charge in [-0.2, -0.15) is 0 Å². The molecule has 2 unspecified atom stereocenters. The molecule has 0 aromatic rings. The number of aliphatic hydroxyl groups is 2. The fraction of sp³-hybridized carbons (Fsp3) is 0.731. The minimum absolute atomic E-state index is 0.152. The highest BCUT2D eigenvalue weighted by molar-refractivity contribution is 6.10. The molecule has 0 heterocycles. The lowest BCUT2D eigenvalue weighted by atomic mass is 9.52. The van der Waals surface area contributed by atoms with Gasteiger partial charge >= 0.3 is 35.8 Å².